The van der Waals surface area contributed by atoms with Gasteiger partial charge in [0.05, 0.1) is 12.7 Å². The summed E-state index contributed by atoms with van der Waals surface area (Å²) in [5, 5.41) is 0.706. The number of nitrogens with two attached hydrogens (primary N) is 1. The summed E-state index contributed by atoms with van der Waals surface area (Å²) in [6.45, 7) is 2.72. The molecule has 0 radical (unpaired) electrons. The van der Waals surface area contributed by atoms with Gasteiger partial charge in [0, 0.05) is 22.3 Å². The minimum atomic E-state index is 0.323. The quantitative estimate of drug-likeness (QED) is 0.883. The zero-order valence-corrected chi connectivity index (χ0v) is 11.9. The maximum atomic E-state index is 6.16. The fraction of sp³-hybridized carbons (Fsp3) is 0.188. The predicted octanol–water partition coefficient (Wildman–Crippen LogP) is 2.93. The van der Waals surface area contributed by atoms with Crippen LogP contribution < -0.4 is 10.5 Å². The Hall–Kier alpha value is -2.02. The number of ether oxygens (including phenoxy) is 1. The van der Waals surface area contributed by atoms with E-state index in [0.29, 0.717) is 23.9 Å². The number of aromatic nitrogens is 1. The molecule has 2 N–H and O–H groups in total. The minimum absolute atomic E-state index is 0.323. The van der Waals surface area contributed by atoms with Gasteiger partial charge in [0.15, 0.2) is 0 Å². The second kappa shape index (κ2) is 6.95. The maximum Gasteiger partial charge on any atom is 0.139 e. The standard InChI is InChI=1S/C16H15ClN2O/c1-12-4-5-14(16(17)7-12)11-20-15-8-13(3-2-6-18)9-19-10-15/h4-5,7-10H,6,11,18H2,1H3. The molecule has 102 valence electrons. The normalized spacial score (nSPS) is 9.75. The summed E-state index contributed by atoms with van der Waals surface area (Å²) < 4.78 is 5.69. The second-order valence-corrected chi connectivity index (χ2v) is 4.71. The molecule has 2 aromatic rings. The van der Waals surface area contributed by atoms with Crippen molar-refractivity contribution in [2.75, 3.05) is 6.54 Å². The molecule has 0 unspecified atom stereocenters. The molecule has 0 saturated heterocycles. The van der Waals surface area contributed by atoms with E-state index in [1.807, 2.05) is 31.2 Å². The molecule has 1 aromatic carbocycles. The lowest BCUT2D eigenvalue weighted by molar-refractivity contribution is 0.305. The zero-order chi connectivity index (χ0) is 14.4. The Kier molecular flexibility index (Phi) is 5.00. The Balaban J connectivity index is 2.07. The van der Waals surface area contributed by atoms with Gasteiger partial charge < -0.3 is 10.5 Å². The Bertz CT molecular complexity index is 659. The molecule has 3 nitrogen and oxygen atoms in total. The van der Waals surface area contributed by atoms with Gasteiger partial charge in [-0.05, 0) is 24.6 Å². The summed E-state index contributed by atoms with van der Waals surface area (Å²) in [4.78, 5) is 4.09. The van der Waals surface area contributed by atoms with E-state index < -0.39 is 0 Å². The van der Waals surface area contributed by atoms with Crippen LogP contribution in [0.5, 0.6) is 5.75 Å². The number of hydrogen-bond donors (Lipinski definition) is 1. The molecule has 0 amide bonds. The van der Waals surface area contributed by atoms with E-state index in [-0.39, 0.29) is 0 Å². The summed E-state index contributed by atoms with van der Waals surface area (Å²) in [6, 6.07) is 7.72. The Morgan fingerprint density at radius 2 is 2.15 bits per heavy atom. The van der Waals surface area contributed by atoms with Crippen molar-refractivity contribution in [2.24, 2.45) is 5.73 Å². The van der Waals surface area contributed by atoms with Crippen LogP contribution >= 0.6 is 11.6 Å². The fourth-order valence-corrected chi connectivity index (χ4v) is 1.94. The first-order valence-electron chi connectivity index (χ1n) is 6.21. The van der Waals surface area contributed by atoms with Gasteiger partial charge in [-0.15, -0.1) is 0 Å². The number of halogens is 1. The average molecular weight is 287 g/mol. The van der Waals surface area contributed by atoms with Crippen LogP contribution in [-0.4, -0.2) is 11.5 Å². The largest absolute Gasteiger partial charge is 0.487 e. The number of pyridine rings is 1. The second-order valence-electron chi connectivity index (χ2n) is 4.30. The number of hydrogen-bond acceptors (Lipinski definition) is 3. The predicted molar refractivity (Wildman–Crippen MR) is 80.7 cm³/mol. The van der Waals surface area contributed by atoms with Crippen LogP contribution in [0.15, 0.2) is 36.7 Å². The SMILES string of the molecule is Cc1ccc(COc2cncc(C#CCN)c2)c(Cl)c1. The lowest BCUT2D eigenvalue weighted by Crippen LogP contribution is -1.97. The van der Waals surface area contributed by atoms with Crippen LogP contribution in [0.2, 0.25) is 5.02 Å². The molecule has 1 heterocycles. The van der Waals surface area contributed by atoms with Crippen molar-refractivity contribution >= 4 is 11.6 Å². The van der Waals surface area contributed by atoms with Gasteiger partial charge in [-0.3, -0.25) is 4.98 Å². The minimum Gasteiger partial charge on any atom is -0.487 e. The summed E-state index contributed by atoms with van der Waals surface area (Å²) in [5.41, 5.74) is 8.18. The lowest BCUT2D eigenvalue weighted by Gasteiger charge is -2.08. The highest BCUT2D eigenvalue weighted by Crippen LogP contribution is 2.20. The third kappa shape index (κ3) is 3.99. The molecular formula is C16H15ClN2O. The highest BCUT2D eigenvalue weighted by Gasteiger charge is 2.02. The molecule has 1 aromatic heterocycles. The summed E-state index contributed by atoms with van der Waals surface area (Å²) in [5.74, 6) is 6.36. The molecule has 0 saturated carbocycles. The molecule has 4 heteroatoms. The van der Waals surface area contributed by atoms with E-state index in [1.165, 1.54) is 0 Å². The number of benzene rings is 1. The Labute approximate surface area is 123 Å². The third-order valence-electron chi connectivity index (χ3n) is 2.65. The van der Waals surface area contributed by atoms with Gasteiger partial charge in [0.2, 0.25) is 0 Å². The van der Waals surface area contributed by atoms with Gasteiger partial charge in [-0.1, -0.05) is 35.6 Å². The van der Waals surface area contributed by atoms with Crippen LogP contribution in [-0.2, 0) is 6.61 Å². The van der Waals surface area contributed by atoms with E-state index in [4.69, 9.17) is 22.1 Å². The molecule has 20 heavy (non-hydrogen) atoms. The molecule has 0 atom stereocenters. The van der Waals surface area contributed by atoms with Crippen LogP contribution in [0.1, 0.15) is 16.7 Å². The summed E-state index contributed by atoms with van der Waals surface area (Å²) in [6.07, 6.45) is 3.32. The third-order valence-corrected chi connectivity index (χ3v) is 3.00. The van der Waals surface area contributed by atoms with E-state index in [1.54, 1.807) is 12.4 Å². The molecule has 2 rings (SSSR count). The monoisotopic (exact) mass is 286 g/mol. The zero-order valence-electron chi connectivity index (χ0n) is 11.2. The number of aryl methyl sites for hydroxylation is 1. The number of rotatable bonds is 3. The van der Waals surface area contributed by atoms with Gasteiger partial charge in [-0.2, -0.15) is 0 Å². The van der Waals surface area contributed by atoms with Crippen molar-refractivity contribution in [1.82, 2.24) is 4.98 Å². The van der Waals surface area contributed by atoms with Crippen molar-refractivity contribution in [3.8, 4) is 17.6 Å². The average Bonchev–Trinajstić information content (AvgIpc) is 2.45. The van der Waals surface area contributed by atoms with Gasteiger partial charge >= 0.3 is 0 Å². The van der Waals surface area contributed by atoms with Gasteiger partial charge in [0.1, 0.15) is 12.4 Å². The first-order chi connectivity index (χ1) is 9.69. The molecule has 0 aliphatic carbocycles. The Morgan fingerprint density at radius 3 is 2.90 bits per heavy atom. The van der Waals surface area contributed by atoms with Crippen LogP contribution in [0, 0.1) is 18.8 Å². The lowest BCUT2D eigenvalue weighted by atomic mass is 10.1. The first kappa shape index (κ1) is 14.4. The summed E-state index contributed by atoms with van der Waals surface area (Å²) >= 11 is 6.16. The van der Waals surface area contributed by atoms with Crippen molar-refractivity contribution in [1.29, 1.82) is 0 Å². The van der Waals surface area contributed by atoms with Crippen molar-refractivity contribution < 1.29 is 4.74 Å². The first-order valence-corrected chi connectivity index (χ1v) is 6.58. The van der Waals surface area contributed by atoms with Crippen LogP contribution in [0.3, 0.4) is 0 Å². The van der Waals surface area contributed by atoms with Gasteiger partial charge in [-0.25, -0.2) is 0 Å². The van der Waals surface area contributed by atoms with E-state index >= 15 is 0 Å². The fourth-order valence-electron chi connectivity index (χ4n) is 1.65. The van der Waals surface area contributed by atoms with Crippen LogP contribution in [0.25, 0.3) is 0 Å². The van der Waals surface area contributed by atoms with Gasteiger partial charge in [0.25, 0.3) is 0 Å². The smallest absolute Gasteiger partial charge is 0.139 e. The molecule has 0 fully saturated rings. The number of nitrogens with zero attached hydrogens (tertiary/aromatic N) is 1. The van der Waals surface area contributed by atoms with Crippen molar-refractivity contribution in [2.45, 2.75) is 13.5 Å². The molecular weight excluding hydrogens is 272 g/mol. The van der Waals surface area contributed by atoms with Crippen molar-refractivity contribution in [3.05, 3.63) is 58.4 Å². The molecule has 0 aliphatic heterocycles. The van der Waals surface area contributed by atoms with E-state index in [0.717, 1.165) is 16.7 Å². The Morgan fingerprint density at radius 1 is 1.30 bits per heavy atom. The highest BCUT2D eigenvalue weighted by atomic mass is 35.5. The summed E-state index contributed by atoms with van der Waals surface area (Å²) in [7, 11) is 0. The molecule has 0 bridgehead atoms. The maximum absolute atomic E-state index is 6.16. The van der Waals surface area contributed by atoms with Crippen LogP contribution in [0.4, 0.5) is 0 Å². The molecule has 0 spiro atoms. The molecule has 0 aliphatic rings. The van der Waals surface area contributed by atoms with E-state index in [9.17, 15) is 0 Å². The highest BCUT2D eigenvalue weighted by molar-refractivity contribution is 6.31. The topological polar surface area (TPSA) is 48.1 Å². The van der Waals surface area contributed by atoms with Crippen molar-refractivity contribution in [3.63, 3.8) is 0 Å². The van der Waals surface area contributed by atoms with E-state index in [2.05, 4.69) is 16.8 Å².